The number of nitrogens with zero attached hydrogens (tertiary/aromatic N) is 2. The zero-order valence-corrected chi connectivity index (χ0v) is 22.4. The summed E-state index contributed by atoms with van der Waals surface area (Å²) in [5.41, 5.74) is 2.66. The van der Waals surface area contributed by atoms with Crippen molar-refractivity contribution >= 4 is 40.4 Å². The highest BCUT2D eigenvalue weighted by Crippen LogP contribution is 2.38. The number of carbonyl (C=O) groups excluding carboxylic acids is 1. The maximum absolute atomic E-state index is 12.9. The summed E-state index contributed by atoms with van der Waals surface area (Å²) in [4.78, 5) is 18.8. The number of thioether (sulfide) groups is 1. The average molecular weight is 542 g/mol. The molecule has 8 nitrogen and oxygen atoms in total. The molecule has 1 amide bonds. The van der Waals surface area contributed by atoms with Crippen molar-refractivity contribution in [1.29, 1.82) is 5.41 Å². The maximum atomic E-state index is 12.9. The Bertz CT molecular complexity index is 1480. The zero-order valence-electron chi connectivity index (χ0n) is 21.5. The molecule has 3 aromatic rings. The number of fused-ring (bicyclic) bond motifs is 1. The van der Waals surface area contributed by atoms with Crippen molar-refractivity contribution in [3.05, 3.63) is 94.9 Å². The summed E-state index contributed by atoms with van der Waals surface area (Å²) in [5, 5.41) is 11.2. The molecule has 39 heavy (non-hydrogen) atoms. The molecule has 2 aliphatic heterocycles. The molecule has 9 heteroatoms. The lowest BCUT2D eigenvalue weighted by atomic mass is 10.1. The summed E-state index contributed by atoms with van der Waals surface area (Å²) < 4.78 is 22.8. The molecule has 0 bridgehead atoms. The summed E-state index contributed by atoms with van der Waals surface area (Å²) in [6.07, 6.45) is 1.66. The quantitative estimate of drug-likeness (QED) is 0.254. The molecule has 0 saturated carbocycles. The van der Waals surface area contributed by atoms with E-state index in [0.717, 1.165) is 11.3 Å². The van der Waals surface area contributed by atoms with Crippen LogP contribution in [-0.2, 0) is 4.79 Å². The van der Waals surface area contributed by atoms with Gasteiger partial charge in [0.25, 0.3) is 5.91 Å². The van der Waals surface area contributed by atoms with Gasteiger partial charge in [0.1, 0.15) is 19.0 Å². The number of amides is 1. The maximum Gasteiger partial charge on any atom is 0.283 e. The number of hydrogen-bond donors (Lipinski definition) is 1. The van der Waals surface area contributed by atoms with E-state index in [0.29, 0.717) is 53.5 Å². The van der Waals surface area contributed by atoms with Crippen LogP contribution >= 0.6 is 11.8 Å². The molecular weight excluding hydrogens is 514 g/mol. The Balaban J connectivity index is 1.32. The molecule has 0 unspecified atom stereocenters. The second-order valence-electron chi connectivity index (χ2n) is 8.42. The van der Waals surface area contributed by atoms with Gasteiger partial charge in [-0.3, -0.25) is 15.1 Å². The topological polar surface area (TPSA) is 93.4 Å². The fourth-order valence-electron chi connectivity index (χ4n) is 4.12. The van der Waals surface area contributed by atoms with Crippen LogP contribution in [0.1, 0.15) is 18.1 Å². The molecule has 2 aliphatic rings. The fraction of sp³-hybridized carbons (Fsp3) is 0.167. The first-order valence-electron chi connectivity index (χ1n) is 12.4. The van der Waals surface area contributed by atoms with E-state index in [-0.39, 0.29) is 11.4 Å². The number of para-hydroxylation sites is 2. The molecule has 0 aliphatic carbocycles. The van der Waals surface area contributed by atoms with Crippen LogP contribution in [0.5, 0.6) is 23.0 Å². The van der Waals surface area contributed by atoms with E-state index in [1.165, 1.54) is 11.8 Å². The third kappa shape index (κ3) is 5.68. The molecule has 198 valence electrons. The van der Waals surface area contributed by atoms with E-state index in [9.17, 15) is 4.79 Å². The first kappa shape index (κ1) is 26.1. The van der Waals surface area contributed by atoms with E-state index < -0.39 is 5.91 Å². The summed E-state index contributed by atoms with van der Waals surface area (Å²) in [7, 11) is 1.60. The Kier molecular flexibility index (Phi) is 7.98. The second kappa shape index (κ2) is 11.9. The van der Waals surface area contributed by atoms with E-state index in [1.54, 1.807) is 30.2 Å². The van der Waals surface area contributed by atoms with Crippen LogP contribution in [0.2, 0.25) is 0 Å². The number of rotatable bonds is 10. The first-order valence-corrected chi connectivity index (χ1v) is 13.3. The molecule has 0 radical (unpaired) electrons. The molecule has 0 spiro atoms. The highest BCUT2D eigenvalue weighted by atomic mass is 32.2. The van der Waals surface area contributed by atoms with Gasteiger partial charge in [0, 0.05) is 5.41 Å². The van der Waals surface area contributed by atoms with Gasteiger partial charge < -0.3 is 18.9 Å². The Hall–Kier alpha value is -4.50. The SMILES string of the molecule is CCOc1cc(C=C2C(=N)N3C(c4ccccc4)=CSC3=NC2=O)ccc1OCCOc1ccccc1OC. The van der Waals surface area contributed by atoms with Crippen LogP contribution < -0.4 is 18.9 Å². The van der Waals surface area contributed by atoms with Crippen molar-refractivity contribution in [2.45, 2.75) is 6.92 Å². The largest absolute Gasteiger partial charge is 0.493 e. The van der Waals surface area contributed by atoms with Crippen LogP contribution in [0, 0.1) is 5.41 Å². The van der Waals surface area contributed by atoms with Crippen LogP contribution in [-0.4, -0.2) is 48.7 Å². The molecule has 0 fully saturated rings. The molecular formula is C30H27N3O5S. The lowest BCUT2D eigenvalue weighted by molar-refractivity contribution is -0.114. The predicted molar refractivity (Wildman–Crippen MR) is 154 cm³/mol. The standard InChI is InChI=1S/C30H27N3O5S/c1-3-36-27-18-20(13-14-26(27)38-16-15-37-25-12-8-7-11-24(25)35-2)17-22-28(31)33-23(21-9-5-4-6-10-21)19-39-30(33)32-29(22)34/h4-14,17-19,31H,3,15-16H2,1-2H3. The molecule has 3 aromatic carbocycles. The molecule has 1 N–H and O–H groups in total. The van der Waals surface area contributed by atoms with E-state index in [4.69, 9.17) is 24.4 Å². The van der Waals surface area contributed by atoms with Gasteiger partial charge >= 0.3 is 0 Å². The Labute approximate surface area is 231 Å². The molecule has 2 heterocycles. The number of amidine groups is 2. The Morgan fingerprint density at radius 1 is 0.897 bits per heavy atom. The molecule has 5 rings (SSSR count). The van der Waals surface area contributed by atoms with Gasteiger partial charge in [0.2, 0.25) is 0 Å². The van der Waals surface area contributed by atoms with Crippen molar-refractivity contribution in [3.8, 4) is 23.0 Å². The minimum Gasteiger partial charge on any atom is -0.493 e. The fourth-order valence-corrected chi connectivity index (χ4v) is 5.01. The summed E-state index contributed by atoms with van der Waals surface area (Å²) in [6.45, 7) is 2.93. The first-order chi connectivity index (χ1) is 19.1. The van der Waals surface area contributed by atoms with E-state index in [2.05, 4.69) is 4.99 Å². The third-order valence-corrected chi connectivity index (χ3v) is 6.76. The summed E-state index contributed by atoms with van der Waals surface area (Å²) in [5.74, 6) is 2.01. The molecule has 0 aromatic heterocycles. The van der Waals surface area contributed by atoms with Crippen molar-refractivity contribution in [2.75, 3.05) is 26.9 Å². The number of carbonyl (C=O) groups is 1. The molecule has 0 atom stereocenters. The van der Waals surface area contributed by atoms with Gasteiger partial charge in [-0.2, -0.15) is 4.99 Å². The second-order valence-corrected chi connectivity index (χ2v) is 9.25. The van der Waals surface area contributed by atoms with E-state index in [1.807, 2.05) is 73.0 Å². The van der Waals surface area contributed by atoms with Gasteiger partial charge in [-0.15, -0.1) is 0 Å². The molecule has 0 saturated heterocycles. The number of hydrogen-bond acceptors (Lipinski definition) is 7. The smallest absolute Gasteiger partial charge is 0.283 e. The highest BCUT2D eigenvalue weighted by Gasteiger charge is 2.36. The van der Waals surface area contributed by atoms with Gasteiger partial charge in [0.15, 0.2) is 28.2 Å². The summed E-state index contributed by atoms with van der Waals surface area (Å²) >= 11 is 1.34. The predicted octanol–water partition coefficient (Wildman–Crippen LogP) is 5.86. The lowest BCUT2D eigenvalue weighted by Gasteiger charge is -2.27. The summed E-state index contributed by atoms with van der Waals surface area (Å²) in [6, 6.07) is 22.6. The van der Waals surface area contributed by atoms with Crippen LogP contribution in [0.3, 0.4) is 0 Å². The van der Waals surface area contributed by atoms with E-state index >= 15 is 0 Å². The van der Waals surface area contributed by atoms with Crippen LogP contribution in [0.15, 0.2) is 88.8 Å². The zero-order chi connectivity index (χ0) is 27.2. The number of aliphatic imine (C=N–C) groups is 1. The minimum absolute atomic E-state index is 0.0804. The van der Waals surface area contributed by atoms with Crippen LogP contribution in [0.25, 0.3) is 11.8 Å². The van der Waals surface area contributed by atoms with Crippen LogP contribution in [0.4, 0.5) is 0 Å². The van der Waals surface area contributed by atoms with Gasteiger partial charge in [0.05, 0.1) is 25.0 Å². The minimum atomic E-state index is -0.451. The Morgan fingerprint density at radius 2 is 1.59 bits per heavy atom. The number of ether oxygens (including phenoxy) is 4. The number of benzene rings is 3. The van der Waals surface area contributed by atoms with Gasteiger partial charge in [-0.1, -0.05) is 60.3 Å². The van der Waals surface area contributed by atoms with Crippen molar-refractivity contribution < 1.29 is 23.7 Å². The van der Waals surface area contributed by atoms with Gasteiger partial charge in [-0.05, 0) is 48.4 Å². The van der Waals surface area contributed by atoms with Crippen molar-refractivity contribution in [2.24, 2.45) is 4.99 Å². The number of methoxy groups -OCH3 is 1. The average Bonchev–Trinajstić information content (AvgIpc) is 3.39. The van der Waals surface area contributed by atoms with Crippen molar-refractivity contribution in [3.63, 3.8) is 0 Å². The third-order valence-electron chi connectivity index (χ3n) is 5.93. The number of nitrogens with one attached hydrogen (secondary N) is 1. The van der Waals surface area contributed by atoms with Gasteiger partial charge in [-0.25, -0.2) is 0 Å². The Morgan fingerprint density at radius 3 is 2.31 bits per heavy atom. The normalized spacial score (nSPS) is 15.5. The highest BCUT2D eigenvalue weighted by molar-refractivity contribution is 8.17. The lowest BCUT2D eigenvalue weighted by Crippen LogP contribution is -2.38. The van der Waals surface area contributed by atoms with Crippen molar-refractivity contribution in [1.82, 2.24) is 4.90 Å². The monoisotopic (exact) mass is 541 g/mol.